The summed E-state index contributed by atoms with van der Waals surface area (Å²) >= 11 is 0. The van der Waals surface area contributed by atoms with E-state index in [4.69, 9.17) is 15.0 Å². The average Bonchev–Trinajstić information content (AvgIpc) is 4.46. The van der Waals surface area contributed by atoms with Gasteiger partial charge in [-0.05, 0) is 147 Å². The van der Waals surface area contributed by atoms with Crippen molar-refractivity contribution in [3.05, 3.63) is 236 Å². The highest BCUT2D eigenvalue weighted by Crippen LogP contribution is 2.54. The molecular weight excluding hydrogens is 987 g/mol. The predicted octanol–water partition coefficient (Wildman–Crippen LogP) is 18.7. The Morgan fingerprint density at radius 2 is 0.642 bits per heavy atom. The molecule has 7 nitrogen and oxygen atoms in total. The molecule has 0 saturated heterocycles. The molecule has 2 saturated carbocycles. The fourth-order valence-electron chi connectivity index (χ4n) is 15.7. The van der Waals surface area contributed by atoms with Crippen LogP contribution in [0.2, 0.25) is 0 Å². The maximum absolute atomic E-state index is 5.79. The second-order valence-electron chi connectivity index (χ2n) is 23.6. The highest BCUT2D eigenvalue weighted by Gasteiger charge is 2.48. The van der Waals surface area contributed by atoms with Crippen LogP contribution >= 0.6 is 0 Å². The smallest absolute Gasteiger partial charge is 0.165 e. The molecular formula is C74H57N7. The normalized spacial score (nSPS) is 18.4. The number of fused-ring (bicyclic) bond motifs is 14. The summed E-state index contributed by atoms with van der Waals surface area (Å²) in [7, 11) is 0. The first-order valence-corrected chi connectivity index (χ1v) is 28.9. The molecule has 5 aromatic heterocycles. The molecule has 4 atom stereocenters. The minimum atomic E-state index is -0.164. The summed E-state index contributed by atoms with van der Waals surface area (Å²) < 4.78 is 9.72. The van der Waals surface area contributed by atoms with Crippen molar-refractivity contribution in [3.63, 3.8) is 0 Å². The molecule has 0 amide bonds. The van der Waals surface area contributed by atoms with Gasteiger partial charge < -0.3 is 18.3 Å². The van der Waals surface area contributed by atoms with Crippen LogP contribution < -0.4 is 0 Å². The third kappa shape index (κ3) is 6.97. The first-order valence-electron chi connectivity index (χ1n) is 28.9. The molecule has 2 fully saturated rings. The predicted molar refractivity (Wildman–Crippen MR) is 335 cm³/mol. The van der Waals surface area contributed by atoms with E-state index in [-0.39, 0.29) is 5.41 Å². The summed E-state index contributed by atoms with van der Waals surface area (Å²) in [6, 6.07) is 84.3. The molecule has 15 aromatic rings. The van der Waals surface area contributed by atoms with E-state index in [0.717, 1.165) is 81.0 Å². The first-order chi connectivity index (χ1) is 39.9. The maximum Gasteiger partial charge on any atom is 0.165 e. The van der Waals surface area contributed by atoms with Crippen LogP contribution in [0.5, 0.6) is 0 Å². The van der Waals surface area contributed by atoms with Gasteiger partial charge in [-0.2, -0.15) is 0 Å². The van der Waals surface area contributed by atoms with Crippen molar-refractivity contribution in [1.29, 1.82) is 0 Å². The summed E-state index contributed by atoms with van der Waals surface area (Å²) in [5.41, 5.74) is 15.4. The van der Waals surface area contributed by atoms with Gasteiger partial charge in [0.1, 0.15) is 5.82 Å². The van der Waals surface area contributed by atoms with E-state index in [1.54, 1.807) is 0 Å². The number of nitrogens with zero attached hydrogens (tertiary/aromatic N) is 7. The van der Waals surface area contributed by atoms with Crippen LogP contribution in [0.15, 0.2) is 231 Å². The fourth-order valence-corrected chi connectivity index (χ4v) is 15.7. The Morgan fingerprint density at radius 3 is 1.04 bits per heavy atom. The van der Waals surface area contributed by atoms with E-state index in [2.05, 4.69) is 263 Å². The number of aromatic nitrogens is 7. The lowest BCUT2D eigenvalue weighted by molar-refractivity contribution is 0.0720. The third-order valence-electron chi connectivity index (χ3n) is 18.5. The Kier molecular flexibility index (Phi) is 10.1. The molecule has 388 valence electrons. The summed E-state index contributed by atoms with van der Waals surface area (Å²) in [4.78, 5) is 17.3. The Bertz CT molecular complexity index is 4650. The fraction of sp³-hybridized carbons (Fsp3) is 0.149. The molecule has 2 unspecified atom stereocenters. The Hall–Kier alpha value is -9.59. The second-order valence-corrected chi connectivity index (χ2v) is 23.6. The highest BCUT2D eigenvalue weighted by atomic mass is 15.1. The van der Waals surface area contributed by atoms with Gasteiger partial charge >= 0.3 is 0 Å². The van der Waals surface area contributed by atoms with Gasteiger partial charge in [-0.1, -0.05) is 147 Å². The van der Waals surface area contributed by atoms with Crippen molar-refractivity contribution >= 4 is 87.2 Å². The highest BCUT2D eigenvalue weighted by molar-refractivity contribution is 6.14. The minimum Gasteiger partial charge on any atom is -0.309 e. The molecule has 2 bridgehead atoms. The van der Waals surface area contributed by atoms with E-state index in [9.17, 15) is 0 Å². The van der Waals surface area contributed by atoms with Gasteiger partial charge in [0.25, 0.3) is 0 Å². The second kappa shape index (κ2) is 17.7. The van der Waals surface area contributed by atoms with Crippen LogP contribution in [0.1, 0.15) is 51.8 Å². The van der Waals surface area contributed by atoms with Crippen LogP contribution in [0.4, 0.5) is 0 Å². The van der Waals surface area contributed by atoms with Crippen LogP contribution in [-0.4, -0.2) is 33.2 Å². The summed E-state index contributed by atoms with van der Waals surface area (Å²) in [6.45, 7) is 4.91. The lowest BCUT2D eigenvalue weighted by atomic mass is 9.56. The van der Waals surface area contributed by atoms with E-state index < -0.39 is 0 Å². The molecule has 0 aliphatic heterocycles. The van der Waals surface area contributed by atoms with Gasteiger partial charge in [-0.3, -0.25) is 0 Å². The van der Waals surface area contributed by atoms with E-state index in [1.807, 2.05) is 0 Å². The Balaban J connectivity index is 0.872. The van der Waals surface area contributed by atoms with Gasteiger partial charge in [-0.15, -0.1) is 0 Å². The summed E-state index contributed by atoms with van der Waals surface area (Å²) in [5.74, 6) is 4.15. The van der Waals surface area contributed by atoms with Gasteiger partial charge in [0.15, 0.2) is 11.6 Å². The molecule has 0 radical (unpaired) electrons. The van der Waals surface area contributed by atoms with Crippen molar-refractivity contribution in [2.45, 2.75) is 51.4 Å². The lowest BCUT2D eigenvalue weighted by Crippen LogP contribution is -2.43. The van der Waals surface area contributed by atoms with Crippen LogP contribution in [0.3, 0.4) is 0 Å². The van der Waals surface area contributed by atoms with Gasteiger partial charge in [0.2, 0.25) is 0 Å². The van der Waals surface area contributed by atoms with Crippen LogP contribution in [0, 0.1) is 17.8 Å². The molecule has 17 rings (SSSR count). The standard InChI is InChI=1S/C74H57N7/c1-46-39-48-40-47(2)44-74(43-46,45-48)73-76-71(57-25-9-17-33-67(57)80-65-31-15-7-23-55(65)59-41-49(35-37-69(59)80)78-61-27-11-3-19-51(61)52-20-4-12-28-62(52)78)75-72(77-73)58-26-10-18-34-68(58)81-66-32-16-8-24-56(66)60-42-50(36-38-70(60)81)79-63-29-13-5-21-53(63)54-22-6-14-30-64(54)79/h3-38,41-42,46-48H,39-40,43-45H2,1-2H3/t46-,47+,48?,74?. The monoisotopic (exact) mass is 1040 g/mol. The number of rotatable bonds is 7. The topological polar surface area (TPSA) is 58.4 Å². The first kappa shape index (κ1) is 46.3. The number of para-hydroxylation sites is 8. The zero-order chi connectivity index (χ0) is 53.5. The molecule has 10 aromatic carbocycles. The number of hydrogen-bond donors (Lipinski definition) is 0. The van der Waals surface area contributed by atoms with Crippen molar-refractivity contribution in [1.82, 2.24) is 33.2 Å². The van der Waals surface area contributed by atoms with Crippen molar-refractivity contribution in [3.8, 4) is 45.5 Å². The molecule has 81 heavy (non-hydrogen) atoms. The lowest BCUT2D eigenvalue weighted by Gasteiger charge is -2.49. The SMILES string of the molecule is C[C@@H]1CC2C[C@H](C)CC(c3nc(-c4ccccc4-n4c5ccccc5c5cc(-n6c7ccccc7c7ccccc76)ccc54)nc(-c4ccccc4-n4c5ccccc5c5cc(-n6c7ccccc7c7ccccc76)ccc54)n3)(C2)C1. The van der Waals surface area contributed by atoms with Crippen molar-refractivity contribution in [2.24, 2.45) is 17.8 Å². The van der Waals surface area contributed by atoms with E-state index >= 15 is 0 Å². The molecule has 0 spiro atoms. The van der Waals surface area contributed by atoms with Crippen LogP contribution in [0.25, 0.3) is 133 Å². The molecule has 2 aliphatic rings. The summed E-state index contributed by atoms with van der Waals surface area (Å²) in [5, 5.41) is 9.79. The van der Waals surface area contributed by atoms with Crippen molar-refractivity contribution < 1.29 is 0 Å². The van der Waals surface area contributed by atoms with Gasteiger partial charge in [0.05, 0.1) is 55.5 Å². The third-order valence-corrected chi connectivity index (χ3v) is 18.5. The van der Waals surface area contributed by atoms with Crippen LogP contribution in [-0.2, 0) is 5.41 Å². The zero-order valence-electron chi connectivity index (χ0n) is 45.3. The quantitative estimate of drug-likeness (QED) is 0.160. The maximum atomic E-state index is 5.79. The van der Waals surface area contributed by atoms with E-state index in [1.165, 1.54) is 78.0 Å². The van der Waals surface area contributed by atoms with Gasteiger partial charge in [-0.25, -0.2) is 15.0 Å². The largest absolute Gasteiger partial charge is 0.309 e. The molecule has 2 aliphatic carbocycles. The van der Waals surface area contributed by atoms with Gasteiger partial charge in [0, 0.05) is 71.0 Å². The van der Waals surface area contributed by atoms with Crippen molar-refractivity contribution in [2.75, 3.05) is 0 Å². The van der Waals surface area contributed by atoms with E-state index in [0.29, 0.717) is 29.4 Å². The summed E-state index contributed by atoms with van der Waals surface area (Å²) in [6.07, 6.45) is 5.78. The number of hydrogen-bond acceptors (Lipinski definition) is 3. The average molecular weight is 1040 g/mol. The minimum absolute atomic E-state index is 0.164. The molecule has 0 N–H and O–H groups in total. The Morgan fingerprint density at radius 1 is 0.321 bits per heavy atom. The number of benzene rings is 10. The zero-order valence-corrected chi connectivity index (χ0v) is 45.3. The molecule has 5 heterocycles. The Labute approximate surface area is 469 Å². The molecule has 7 heteroatoms.